The van der Waals surface area contributed by atoms with Gasteiger partial charge in [-0.15, -0.1) is 18.2 Å². The lowest BCUT2D eigenvalue weighted by molar-refractivity contribution is -0.121. The zero-order valence-electron chi connectivity index (χ0n) is 13.1. The van der Waals surface area contributed by atoms with E-state index in [9.17, 15) is 14.0 Å². The Bertz CT molecular complexity index is 751. The van der Waals surface area contributed by atoms with Crippen molar-refractivity contribution < 1.29 is 18.7 Å². The second-order valence-electron chi connectivity index (χ2n) is 5.20. The van der Waals surface area contributed by atoms with Crippen molar-refractivity contribution in [2.45, 2.75) is 5.50 Å². The average molecular weight is 350 g/mol. The van der Waals surface area contributed by atoms with E-state index in [1.165, 1.54) is 33.7 Å². The molecule has 3 amide bonds. The summed E-state index contributed by atoms with van der Waals surface area (Å²) in [5, 5.41) is 1.58. The predicted octanol–water partition coefficient (Wildman–Crippen LogP) is 1.21. The zero-order valence-corrected chi connectivity index (χ0v) is 13.9. The molecule has 2 heterocycles. The third-order valence-corrected chi connectivity index (χ3v) is 4.68. The van der Waals surface area contributed by atoms with Crippen molar-refractivity contribution >= 4 is 35.1 Å². The number of benzene rings is 1. The first-order valence-electron chi connectivity index (χ1n) is 7.03. The molecular formula is C15H15FN4O3S. The molecule has 0 aliphatic carbocycles. The van der Waals surface area contributed by atoms with Gasteiger partial charge in [-0.3, -0.25) is 20.0 Å². The van der Waals surface area contributed by atoms with Crippen molar-refractivity contribution in [3.63, 3.8) is 0 Å². The van der Waals surface area contributed by atoms with Crippen LogP contribution in [0.25, 0.3) is 0 Å². The number of ether oxygens (including phenoxy) is 1. The number of terminal acetylenes is 1. The van der Waals surface area contributed by atoms with Gasteiger partial charge in [0.25, 0.3) is 5.91 Å². The van der Waals surface area contributed by atoms with E-state index < -0.39 is 17.3 Å². The number of carbonyl (C=O) groups excluding carboxylic acids is 2. The van der Waals surface area contributed by atoms with Gasteiger partial charge in [0.1, 0.15) is 5.75 Å². The number of rotatable bonds is 3. The highest BCUT2D eigenvalue weighted by Crippen LogP contribution is 2.39. The predicted molar refractivity (Wildman–Crippen MR) is 89.2 cm³/mol. The number of carbonyl (C=O) groups is 2. The fourth-order valence-electron chi connectivity index (χ4n) is 2.69. The standard InChI is InChI=1S/C15H15FN4O3S/c1-4-5-19-11-7-10(9(16)6-12(11)23-8-13(19)21)20-14(22)17-18(2)15(20)24-3/h1,6-7,15H,5,8H2,2-3H3,(H,17,22). The van der Waals surface area contributed by atoms with Gasteiger partial charge in [0.15, 0.2) is 17.9 Å². The summed E-state index contributed by atoms with van der Waals surface area (Å²) in [5.41, 5.74) is 2.58. The van der Waals surface area contributed by atoms with E-state index in [2.05, 4.69) is 11.3 Å². The second-order valence-corrected chi connectivity index (χ2v) is 6.10. The monoisotopic (exact) mass is 350 g/mol. The van der Waals surface area contributed by atoms with Crippen LogP contribution in [0.4, 0.5) is 20.6 Å². The van der Waals surface area contributed by atoms with Gasteiger partial charge in [0, 0.05) is 13.1 Å². The summed E-state index contributed by atoms with van der Waals surface area (Å²) in [6, 6.07) is 2.13. The number of fused-ring (bicyclic) bond motifs is 1. The summed E-state index contributed by atoms with van der Waals surface area (Å²) in [6.45, 7) is -0.161. The molecule has 0 radical (unpaired) electrons. The molecule has 2 aliphatic rings. The number of amides is 3. The summed E-state index contributed by atoms with van der Waals surface area (Å²) in [4.78, 5) is 26.8. The molecule has 1 aromatic carbocycles. The number of thioether (sulfide) groups is 1. The highest BCUT2D eigenvalue weighted by Gasteiger charge is 2.39. The Morgan fingerprint density at radius 3 is 2.88 bits per heavy atom. The van der Waals surface area contributed by atoms with Crippen molar-refractivity contribution in [2.75, 3.05) is 36.3 Å². The Kier molecular flexibility index (Phi) is 4.26. The molecule has 9 heteroatoms. The molecule has 1 atom stereocenters. The topological polar surface area (TPSA) is 65.1 Å². The van der Waals surface area contributed by atoms with Crippen molar-refractivity contribution in [2.24, 2.45) is 0 Å². The van der Waals surface area contributed by atoms with Crippen molar-refractivity contribution in [1.82, 2.24) is 10.4 Å². The van der Waals surface area contributed by atoms with Crippen LogP contribution in [0.2, 0.25) is 0 Å². The zero-order chi connectivity index (χ0) is 17.4. The van der Waals surface area contributed by atoms with Crippen LogP contribution < -0.4 is 20.0 Å². The van der Waals surface area contributed by atoms with Crippen molar-refractivity contribution in [1.29, 1.82) is 0 Å². The molecule has 1 N–H and O–H groups in total. The van der Waals surface area contributed by atoms with E-state index >= 15 is 0 Å². The Labute approximate surface area is 142 Å². The molecule has 1 unspecified atom stereocenters. The van der Waals surface area contributed by atoms with Crippen LogP contribution in [0.15, 0.2) is 12.1 Å². The first-order valence-corrected chi connectivity index (χ1v) is 8.32. The van der Waals surface area contributed by atoms with Crippen LogP contribution in [-0.4, -0.2) is 48.9 Å². The van der Waals surface area contributed by atoms with E-state index in [0.717, 1.165) is 0 Å². The number of urea groups is 1. The maximum absolute atomic E-state index is 14.6. The summed E-state index contributed by atoms with van der Waals surface area (Å²) in [7, 11) is 1.69. The minimum absolute atomic E-state index is 0.0400. The molecule has 1 saturated heterocycles. The van der Waals surface area contributed by atoms with Gasteiger partial charge >= 0.3 is 6.03 Å². The molecule has 7 nitrogen and oxygen atoms in total. The summed E-state index contributed by atoms with van der Waals surface area (Å²) in [5.74, 6) is 1.69. The van der Waals surface area contributed by atoms with E-state index in [1.54, 1.807) is 12.1 Å². The average Bonchev–Trinajstić information content (AvgIpc) is 2.83. The molecule has 2 aliphatic heterocycles. The van der Waals surface area contributed by atoms with E-state index in [-0.39, 0.29) is 30.5 Å². The van der Waals surface area contributed by atoms with E-state index in [4.69, 9.17) is 11.2 Å². The first-order chi connectivity index (χ1) is 11.5. The number of nitrogens with one attached hydrogen (secondary N) is 1. The molecule has 24 heavy (non-hydrogen) atoms. The van der Waals surface area contributed by atoms with Gasteiger partial charge in [-0.05, 0) is 12.3 Å². The Morgan fingerprint density at radius 1 is 1.46 bits per heavy atom. The Morgan fingerprint density at radius 2 is 2.21 bits per heavy atom. The van der Waals surface area contributed by atoms with Gasteiger partial charge in [0.05, 0.1) is 17.9 Å². The van der Waals surface area contributed by atoms with Crippen LogP contribution in [0.5, 0.6) is 5.75 Å². The number of hydrogen-bond donors (Lipinski definition) is 1. The molecule has 0 saturated carbocycles. The lowest BCUT2D eigenvalue weighted by Crippen LogP contribution is -2.40. The molecule has 0 spiro atoms. The van der Waals surface area contributed by atoms with Crippen LogP contribution in [0, 0.1) is 18.2 Å². The summed E-state index contributed by atoms with van der Waals surface area (Å²) in [6.07, 6.45) is 7.12. The first kappa shape index (κ1) is 16.4. The summed E-state index contributed by atoms with van der Waals surface area (Å²) < 4.78 is 19.9. The highest BCUT2D eigenvalue weighted by molar-refractivity contribution is 7.99. The fraction of sp³-hybridized carbons (Fsp3) is 0.333. The van der Waals surface area contributed by atoms with Gasteiger partial charge in [0.2, 0.25) is 0 Å². The van der Waals surface area contributed by atoms with E-state index in [0.29, 0.717) is 5.69 Å². The molecule has 1 fully saturated rings. The van der Waals surface area contributed by atoms with Gasteiger partial charge in [-0.25, -0.2) is 9.18 Å². The third kappa shape index (κ3) is 2.53. The molecule has 0 aromatic heterocycles. The molecular weight excluding hydrogens is 335 g/mol. The quantitative estimate of drug-likeness (QED) is 0.830. The van der Waals surface area contributed by atoms with Gasteiger partial charge in [-0.1, -0.05) is 5.92 Å². The molecule has 1 aromatic rings. The lowest BCUT2D eigenvalue weighted by atomic mass is 10.2. The lowest BCUT2D eigenvalue weighted by Gasteiger charge is -2.30. The maximum atomic E-state index is 14.6. The maximum Gasteiger partial charge on any atom is 0.338 e. The number of halogens is 1. The van der Waals surface area contributed by atoms with Crippen LogP contribution >= 0.6 is 11.8 Å². The van der Waals surface area contributed by atoms with Gasteiger partial charge < -0.3 is 4.74 Å². The Hall–Kier alpha value is -2.44. The minimum atomic E-state index is -0.617. The normalized spacial score (nSPS) is 20.5. The largest absolute Gasteiger partial charge is 0.481 e. The summed E-state index contributed by atoms with van der Waals surface area (Å²) >= 11 is 1.36. The van der Waals surface area contributed by atoms with Crippen molar-refractivity contribution in [3.05, 3.63) is 17.9 Å². The highest BCUT2D eigenvalue weighted by atomic mass is 32.2. The van der Waals surface area contributed by atoms with Gasteiger partial charge in [-0.2, -0.15) is 5.01 Å². The molecule has 126 valence electrons. The van der Waals surface area contributed by atoms with Crippen LogP contribution in [-0.2, 0) is 4.79 Å². The fourth-order valence-corrected chi connectivity index (χ4v) is 3.47. The van der Waals surface area contributed by atoms with Crippen LogP contribution in [0.1, 0.15) is 0 Å². The number of hydrogen-bond acceptors (Lipinski definition) is 5. The molecule has 3 rings (SSSR count). The molecule has 0 bridgehead atoms. The van der Waals surface area contributed by atoms with Crippen molar-refractivity contribution in [3.8, 4) is 18.1 Å². The number of anilines is 2. The Balaban J connectivity index is 2.09. The third-order valence-electron chi connectivity index (χ3n) is 3.73. The number of hydrazine groups is 1. The smallest absolute Gasteiger partial charge is 0.338 e. The van der Waals surface area contributed by atoms with Crippen LogP contribution in [0.3, 0.4) is 0 Å². The minimum Gasteiger partial charge on any atom is -0.481 e. The number of nitrogens with zero attached hydrogens (tertiary/aromatic N) is 3. The SMILES string of the molecule is C#CCN1C(=O)COc2cc(F)c(N3C(=O)NN(C)C3SC)cc21. The van der Waals surface area contributed by atoms with E-state index in [1.807, 2.05) is 6.26 Å². The second kappa shape index (κ2) is 6.22.